The third kappa shape index (κ3) is 3.00. The largest absolute Gasteiger partial charge is 0.394 e. The van der Waals surface area contributed by atoms with Gasteiger partial charge < -0.3 is 10.4 Å². The zero-order valence-electron chi connectivity index (χ0n) is 13.0. The molecule has 0 fully saturated rings. The molecule has 120 valence electrons. The molecule has 3 aromatic rings. The normalized spacial score (nSPS) is 12.5. The molecule has 0 radical (unpaired) electrons. The van der Waals surface area contributed by atoms with Crippen LogP contribution in [0.3, 0.4) is 0 Å². The maximum Gasteiger partial charge on any atom is 0.168 e. The van der Waals surface area contributed by atoms with E-state index in [0.29, 0.717) is 16.5 Å². The van der Waals surface area contributed by atoms with Gasteiger partial charge in [0.25, 0.3) is 0 Å². The maximum absolute atomic E-state index is 9.37. The fourth-order valence-electron chi connectivity index (χ4n) is 2.42. The molecule has 6 nitrogen and oxygen atoms in total. The van der Waals surface area contributed by atoms with Crippen LogP contribution in [0.5, 0.6) is 0 Å². The fraction of sp³-hybridized carbons (Fsp3) is 0.312. The van der Waals surface area contributed by atoms with Gasteiger partial charge in [-0.25, -0.2) is 14.6 Å². The number of nitrogens with zero attached hydrogens (tertiary/aromatic N) is 4. The third-order valence-electron chi connectivity index (χ3n) is 3.82. The molecular formula is C16H18ClN5O. The fourth-order valence-corrected chi connectivity index (χ4v) is 2.58. The Hall–Kier alpha value is -2.18. The van der Waals surface area contributed by atoms with Crippen LogP contribution in [-0.2, 0) is 0 Å². The van der Waals surface area contributed by atoms with Crippen molar-refractivity contribution in [3.05, 3.63) is 41.3 Å². The average Bonchev–Trinajstić information content (AvgIpc) is 2.99. The van der Waals surface area contributed by atoms with Crippen molar-refractivity contribution < 1.29 is 5.11 Å². The van der Waals surface area contributed by atoms with Gasteiger partial charge in [0, 0.05) is 5.02 Å². The van der Waals surface area contributed by atoms with Gasteiger partial charge in [-0.1, -0.05) is 24.6 Å². The third-order valence-corrected chi connectivity index (χ3v) is 4.05. The number of aliphatic hydroxyl groups excluding tert-OH is 1. The van der Waals surface area contributed by atoms with Crippen LogP contribution in [0.15, 0.2) is 30.7 Å². The molecule has 0 saturated carbocycles. The molecule has 1 atom stereocenters. The van der Waals surface area contributed by atoms with E-state index < -0.39 is 0 Å². The van der Waals surface area contributed by atoms with Crippen LogP contribution in [0.1, 0.15) is 18.9 Å². The van der Waals surface area contributed by atoms with Gasteiger partial charge in [-0.2, -0.15) is 5.10 Å². The number of fused-ring (bicyclic) bond motifs is 1. The lowest BCUT2D eigenvalue weighted by Gasteiger charge is -2.15. The molecule has 2 aromatic heterocycles. The van der Waals surface area contributed by atoms with Crippen molar-refractivity contribution in [1.82, 2.24) is 19.7 Å². The molecule has 0 amide bonds. The highest BCUT2D eigenvalue weighted by atomic mass is 35.5. The predicted molar refractivity (Wildman–Crippen MR) is 91.2 cm³/mol. The topological polar surface area (TPSA) is 75.9 Å². The quantitative estimate of drug-likeness (QED) is 0.751. The summed E-state index contributed by atoms with van der Waals surface area (Å²) in [5, 5.41) is 18.5. The van der Waals surface area contributed by atoms with Crippen LogP contribution in [0.4, 0.5) is 5.82 Å². The number of aromatic nitrogens is 4. The standard InChI is InChI=1S/C16H18ClN5O/c1-3-12(8-23)21-15-13-7-20-22(16(13)19-9-18-15)14-6-11(17)5-4-10(14)2/h4-7,9,12,23H,3,8H2,1-2H3,(H,18,19,21). The second-order valence-electron chi connectivity index (χ2n) is 5.38. The molecule has 2 heterocycles. The first-order chi connectivity index (χ1) is 11.1. The number of hydrogen-bond acceptors (Lipinski definition) is 5. The summed E-state index contributed by atoms with van der Waals surface area (Å²) < 4.78 is 1.75. The van der Waals surface area contributed by atoms with Crippen LogP contribution in [0, 0.1) is 6.92 Å². The van der Waals surface area contributed by atoms with Gasteiger partial charge in [-0.3, -0.25) is 0 Å². The van der Waals surface area contributed by atoms with E-state index in [-0.39, 0.29) is 12.6 Å². The average molecular weight is 332 g/mol. The van der Waals surface area contributed by atoms with Crippen molar-refractivity contribution in [2.24, 2.45) is 0 Å². The van der Waals surface area contributed by atoms with Crippen LogP contribution >= 0.6 is 11.6 Å². The smallest absolute Gasteiger partial charge is 0.168 e. The van der Waals surface area contributed by atoms with Gasteiger partial charge >= 0.3 is 0 Å². The first kappa shape index (κ1) is 15.7. The minimum Gasteiger partial charge on any atom is -0.394 e. The number of aryl methyl sites for hydroxylation is 1. The molecule has 0 saturated heterocycles. The van der Waals surface area contributed by atoms with E-state index in [1.54, 1.807) is 10.9 Å². The highest BCUT2D eigenvalue weighted by Gasteiger charge is 2.14. The number of halogens is 1. The number of rotatable bonds is 5. The summed E-state index contributed by atoms with van der Waals surface area (Å²) in [7, 11) is 0. The highest BCUT2D eigenvalue weighted by molar-refractivity contribution is 6.30. The molecule has 0 aliphatic rings. The summed E-state index contributed by atoms with van der Waals surface area (Å²) in [6, 6.07) is 5.61. The summed E-state index contributed by atoms with van der Waals surface area (Å²) in [6.45, 7) is 4.05. The molecule has 0 bridgehead atoms. The van der Waals surface area contributed by atoms with Crippen molar-refractivity contribution >= 4 is 28.5 Å². The summed E-state index contributed by atoms with van der Waals surface area (Å²) in [6.07, 6.45) is 4.01. The second kappa shape index (κ2) is 6.52. The van der Waals surface area contributed by atoms with Gasteiger partial charge in [0.2, 0.25) is 0 Å². The van der Waals surface area contributed by atoms with E-state index in [0.717, 1.165) is 23.1 Å². The van der Waals surface area contributed by atoms with Crippen molar-refractivity contribution in [2.45, 2.75) is 26.3 Å². The predicted octanol–water partition coefficient (Wildman–Crippen LogP) is 2.96. The Balaban J connectivity index is 2.10. The molecule has 3 rings (SSSR count). The number of hydrogen-bond donors (Lipinski definition) is 2. The highest BCUT2D eigenvalue weighted by Crippen LogP contribution is 2.25. The number of anilines is 1. The summed E-state index contributed by atoms with van der Waals surface area (Å²) in [5.41, 5.74) is 2.63. The first-order valence-electron chi connectivity index (χ1n) is 7.46. The molecule has 0 aliphatic heterocycles. The minimum atomic E-state index is -0.0515. The Kier molecular flexibility index (Phi) is 4.45. The minimum absolute atomic E-state index is 0.0452. The SMILES string of the molecule is CCC(CO)Nc1ncnc2c1cnn2-c1cc(Cl)ccc1C. The number of benzene rings is 1. The molecule has 0 aliphatic carbocycles. The maximum atomic E-state index is 9.37. The zero-order chi connectivity index (χ0) is 16.4. The van der Waals surface area contributed by atoms with Crippen molar-refractivity contribution in [2.75, 3.05) is 11.9 Å². The second-order valence-corrected chi connectivity index (χ2v) is 5.82. The van der Waals surface area contributed by atoms with E-state index in [2.05, 4.69) is 20.4 Å². The Bertz CT molecular complexity index is 828. The van der Waals surface area contributed by atoms with Gasteiger partial charge in [0.1, 0.15) is 12.1 Å². The number of nitrogens with one attached hydrogen (secondary N) is 1. The van der Waals surface area contributed by atoms with E-state index in [1.165, 1.54) is 6.33 Å². The van der Waals surface area contributed by atoms with Gasteiger partial charge in [-0.05, 0) is 31.0 Å². The lowest BCUT2D eigenvalue weighted by atomic mass is 10.2. The van der Waals surface area contributed by atoms with Crippen molar-refractivity contribution in [3.8, 4) is 5.69 Å². The first-order valence-corrected chi connectivity index (χ1v) is 7.84. The lowest BCUT2D eigenvalue weighted by Crippen LogP contribution is -2.23. The molecular weight excluding hydrogens is 314 g/mol. The Morgan fingerprint density at radius 2 is 2.17 bits per heavy atom. The molecule has 7 heteroatoms. The summed E-state index contributed by atoms with van der Waals surface area (Å²) in [5.74, 6) is 0.668. The van der Waals surface area contributed by atoms with Crippen LogP contribution in [0.2, 0.25) is 5.02 Å². The molecule has 23 heavy (non-hydrogen) atoms. The lowest BCUT2D eigenvalue weighted by molar-refractivity contribution is 0.271. The monoisotopic (exact) mass is 331 g/mol. The van der Waals surface area contributed by atoms with Crippen LogP contribution in [-0.4, -0.2) is 37.5 Å². The molecule has 0 spiro atoms. The Morgan fingerprint density at radius 3 is 2.91 bits per heavy atom. The summed E-state index contributed by atoms with van der Waals surface area (Å²) in [4.78, 5) is 8.63. The number of aliphatic hydroxyl groups is 1. The van der Waals surface area contributed by atoms with E-state index in [1.807, 2.05) is 32.0 Å². The summed E-state index contributed by atoms with van der Waals surface area (Å²) >= 11 is 6.11. The van der Waals surface area contributed by atoms with Crippen LogP contribution < -0.4 is 5.32 Å². The molecule has 1 unspecified atom stereocenters. The van der Waals surface area contributed by atoms with E-state index in [9.17, 15) is 5.11 Å². The van der Waals surface area contributed by atoms with Gasteiger partial charge in [-0.15, -0.1) is 0 Å². The molecule has 1 aromatic carbocycles. The Labute approximate surface area is 139 Å². The molecule has 2 N–H and O–H groups in total. The van der Waals surface area contributed by atoms with Crippen molar-refractivity contribution in [1.29, 1.82) is 0 Å². The van der Waals surface area contributed by atoms with Gasteiger partial charge in [0.05, 0.1) is 29.9 Å². The van der Waals surface area contributed by atoms with E-state index >= 15 is 0 Å². The van der Waals surface area contributed by atoms with E-state index in [4.69, 9.17) is 11.6 Å². The van der Waals surface area contributed by atoms with Gasteiger partial charge in [0.15, 0.2) is 5.65 Å². The van der Waals surface area contributed by atoms with Crippen molar-refractivity contribution in [3.63, 3.8) is 0 Å². The zero-order valence-corrected chi connectivity index (χ0v) is 13.7. The Morgan fingerprint density at radius 1 is 1.35 bits per heavy atom. The van der Waals surface area contributed by atoms with Crippen LogP contribution in [0.25, 0.3) is 16.7 Å².